The van der Waals surface area contributed by atoms with Crippen LogP contribution in [0.5, 0.6) is 11.5 Å². The molecule has 0 amide bonds. The first-order chi connectivity index (χ1) is 20.3. The number of phenols is 1. The van der Waals surface area contributed by atoms with E-state index in [4.69, 9.17) is 14.2 Å². The zero-order chi connectivity index (χ0) is 33.6. The van der Waals surface area contributed by atoms with Crippen LogP contribution in [0.4, 0.5) is 0 Å². The van der Waals surface area contributed by atoms with Crippen molar-refractivity contribution in [3.8, 4) is 11.5 Å². The van der Waals surface area contributed by atoms with Gasteiger partial charge in [0.2, 0.25) is 0 Å². The third-order valence-corrected chi connectivity index (χ3v) is 8.64. The Morgan fingerprint density at radius 3 is 1.93 bits per heavy atom. The molecule has 0 fully saturated rings. The summed E-state index contributed by atoms with van der Waals surface area (Å²) in [5.41, 5.74) is 8.33. The van der Waals surface area contributed by atoms with Crippen molar-refractivity contribution in [2.75, 3.05) is 19.6 Å². The largest absolute Gasteiger partial charge is 0.508 e. The summed E-state index contributed by atoms with van der Waals surface area (Å²) in [5.74, 6) is -0.430. The maximum Gasteiger partial charge on any atom is 0.333 e. The molecule has 4 N–H and O–H groups in total. The predicted molar refractivity (Wildman–Crippen MR) is 171 cm³/mol. The number of phenolic OH excluding ortho intramolecular Hbond substituents is 1. The first kappa shape index (κ1) is 37.2. The molecule has 2 aromatic carbocycles. The third-order valence-electron chi connectivity index (χ3n) is 7.35. The monoisotopic (exact) mass is 635 g/mol. The summed E-state index contributed by atoms with van der Waals surface area (Å²) >= 11 is 0. The van der Waals surface area contributed by atoms with E-state index in [2.05, 4.69) is 10.9 Å². The van der Waals surface area contributed by atoms with Crippen LogP contribution in [0.3, 0.4) is 0 Å². The zero-order valence-electron chi connectivity index (χ0n) is 28.0. The van der Waals surface area contributed by atoms with Crippen molar-refractivity contribution in [2.24, 2.45) is 0 Å². The molecule has 12 heteroatoms. The highest BCUT2D eigenvalue weighted by atomic mass is 31.2. The van der Waals surface area contributed by atoms with Gasteiger partial charge in [0.1, 0.15) is 22.6 Å². The van der Waals surface area contributed by atoms with Crippen molar-refractivity contribution >= 4 is 19.5 Å². The minimum Gasteiger partial charge on any atom is -0.508 e. The van der Waals surface area contributed by atoms with E-state index < -0.39 is 36.9 Å². The Morgan fingerprint density at radius 2 is 1.45 bits per heavy atom. The molecule has 0 bridgehead atoms. The lowest BCUT2D eigenvalue weighted by Gasteiger charge is -2.38. The number of nitrogens with zero attached hydrogens (tertiary/aromatic N) is 1. The van der Waals surface area contributed by atoms with Crippen LogP contribution in [0.25, 0.3) is 0 Å². The Balaban J connectivity index is 2.38. The molecule has 246 valence electrons. The summed E-state index contributed by atoms with van der Waals surface area (Å²) in [7, 11) is -4.47. The van der Waals surface area contributed by atoms with Crippen molar-refractivity contribution in [1.29, 1.82) is 0 Å². The van der Waals surface area contributed by atoms with Crippen molar-refractivity contribution < 1.29 is 38.4 Å². The quantitative estimate of drug-likeness (QED) is 0.111. The fraction of sp³-hybridized carbons (Fsp3) is 0.562. The van der Waals surface area contributed by atoms with Gasteiger partial charge >= 0.3 is 19.5 Å². The van der Waals surface area contributed by atoms with E-state index in [9.17, 15) is 24.2 Å². The van der Waals surface area contributed by atoms with Crippen molar-refractivity contribution in [1.82, 2.24) is 15.7 Å². The number of hydrogen-bond donors (Lipinski definition) is 4. The van der Waals surface area contributed by atoms with E-state index in [1.807, 2.05) is 52.8 Å². The van der Waals surface area contributed by atoms with Gasteiger partial charge in [-0.15, -0.1) is 0 Å². The number of esters is 2. The summed E-state index contributed by atoms with van der Waals surface area (Å²) in [4.78, 5) is 37.3. The Morgan fingerprint density at radius 1 is 0.932 bits per heavy atom. The standard InChI is InChI=1S/C32H50N3O8P/c1-12-41-29(37)31(8,9)33-35(34-32(10,11)30(38)42-13-2)44(39,40)19-43-28-16-21(5)26(22(6)23(28)7)18-24-14-15-27(36)25(17-24)20(3)4/h14-17,20,33-34,36H,12-13,18-19H2,1-11H3,(H,39,40). The molecule has 1 atom stereocenters. The van der Waals surface area contributed by atoms with Gasteiger partial charge in [0, 0.05) is 0 Å². The second-order valence-corrected chi connectivity index (χ2v) is 14.3. The molecule has 0 radical (unpaired) electrons. The van der Waals surface area contributed by atoms with Gasteiger partial charge in [-0.2, -0.15) is 0 Å². The number of aromatic hydroxyl groups is 1. The van der Waals surface area contributed by atoms with Crippen LogP contribution >= 0.6 is 7.52 Å². The van der Waals surface area contributed by atoms with Gasteiger partial charge in [0.15, 0.2) is 6.35 Å². The molecule has 0 aliphatic heterocycles. The summed E-state index contributed by atoms with van der Waals surface area (Å²) in [6.07, 6.45) is -0.0234. The van der Waals surface area contributed by atoms with E-state index in [1.54, 1.807) is 19.9 Å². The first-order valence-corrected chi connectivity index (χ1v) is 16.6. The molecule has 0 aliphatic carbocycles. The molecule has 0 aliphatic rings. The van der Waals surface area contributed by atoms with Crippen molar-refractivity contribution in [3.05, 3.63) is 57.6 Å². The Bertz CT molecular complexity index is 1360. The first-order valence-electron chi connectivity index (χ1n) is 14.8. The Labute approximate surface area is 261 Å². The molecule has 1 unspecified atom stereocenters. The van der Waals surface area contributed by atoms with Gasteiger partial charge in [-0.1, -0.05) is 30.9 Å². The lowest BCUT2D eigenvalue weighted by atomic mass is 9.91. The van der Waals surface area contributed by atoms with Gasteiger partial charge in [0.25, 0.3) is 0 Å². The smallest absolute Gasteiger partial charge is 0.333 e. The maximum atomic E-state index is 13.8. The van der Waals surface area contributed by atoms with E-state index in [1.165, 1.54) is 27.7 Å². The molecular formula is C32H50N3O8P. The average molecular weight is 636 g/mol. The number of carbonyl (C=O) groups excluding carboxylic acids is 2. The molecule has 0 heterocycles. The fourth-order valence-corrected chi connectivity index (χ4v) is 5.78. The number of carbonyl (C=O) groups is 2. The van der Waals surface area contributed by atoms with Crippen LogP contribution in [0, 0.1) is 20.8 Å². The average Bonchev–Trinajstić information content (AvgIpc) is 2.92. The van der Waals surface area contributed by atoms with Crippen LogP contribution < -0.4 is 15.6 Å². The minimum atomic E-state index is -4.47. The lowest BCUT2D eigenvalue weighted by Crippen LogP contribution is -2.64. The number of nitrogens with one attached hydrogen (secondary N) is 2. The SMILES string of the molecule is CCOC(=O)C(C)(C)NN(NC(C)(C)C(=O)OCC)P(=O)(O)COc1cc(C)c(Cc2ccc(O)c(C(C)C)c2)c(C)c1C. The van der Waals surface area contributed by atoms with E-state index in [0.717, 1.165) is 38.3 Å². The van der Waals surface area contributed by atoms with Crippen LogP contribution in [0.2, 0.25) is 0 Å². The number of benzene rings is 2. The molecule has 0 aromatic heterocycles. The zero-order valence-corrected chi connectivity index (χ0v) is 28.8. The second kappa shape index (κ2) is 14.9. The van der Waals surface area contributed by atoms with Crippen LogP contribution in [0.15, 0.2) is 24.3 Å². The molecule has 11 nitrogen and oxygen atoms in total. The molecule has 0 saturated carbocycles. The maximum absolute atomic E-state index is 13.8. The predicted octanol–water partition coefficient (Wildman–Crippen LogP) is 5.55. The minimum absolute atomic E-state index is 0.116. The number of rotatable bonds is 15. The summed E-state index contributed by atoms with van der Waals surface area (Å²) < 4.78 is 30.0. The van der Waals surface area contributed by atoms with Crippen molar-refractivity contribution in [2.45, 2.75) is 99.6 Å². The highest BCUT2D eigenvalue weighted by molar-refractivity contribution is 7.55. The summed E-state index contributed by atoms with van der Waals surface area (Å²) in [6, 6.07) is 7.48. The number of aryl methyl sites for hydroxylation is 1. The van der Waals surface area contributed by atoms with Crippen LogP contribution in [0.1, 0.15) is 94.7 Å². The Hall–Kier alpha value is -2.95. The second-order valence-electron chi connectivity index (χ2n) is 12.3. The molecular weight excluding hydrogens is 585 g/mol. The van der Waals surface area contributed by atoms with Crippen LogP contribution in [-0.2, 0) is 30.0 Å². The van der Waals surface area contributed by atoms with Gasteiger partial charge < -0.3 is 24.2 Å². The van der Waals surface area contributed by atoms with Crippen molar-refractivity contribution in [3.63, 3.8) is 0 Å². The normalized spacial score (nSPS) is 13.6. The fourth-order valence-electron chi connectivity index (χ4n) is 4.54. The molecule has 0 saturated heterocycles. The van der Waals surface area contributed by atoms with Gasteiger partial charge in [-0.05, 0) is 120 Å². The third kappa shape index (κ3) is 9.28. The number of ether oxygens (including phenoxy) is 3. The molecule has 2 aromatic rings. The molecule has 44 heavy (non-hydrogen) atoms. The lowest BCUT2D eigenvalue weighted by molar-refractivity contribution is -0.154. The van der Waals surface area contributed by atoms with E-state index in [0.29, 0.717) is 12.2 Å². The van der Waals surface area contributed by atoms with Crippen LogP contribution in [-0.4, -0.2) is 57.5 Å². The summed E-state index contributed by atoms with van der Waals surface area (Å²) in [6.45, 7) is 19.4. The highest BCUT2D eigenvalue weighted by Gasteiger charge is 2.43. The number of hydrazine groups is 2. The topological polar surface area (TPSA) is 147 Å². The number of hydrogen-bond acceptors (Lipinski definition) is 9. The van der Waals surface area contributed by atoms with E-state index >= 15 is 0 Å². The summed E-state index contributed by atoms with van der Waals surface area (Å²) in [5, 5.41) is 10.2. The van der Waals surface area contributed by atoms with Gasteiger partial charge in [-0.3, -0.25) is 14.2 Å². The molecule has 2 rings (SSSR count). The van der Waals surface area contributed by atoms with E-state index in [-0.39, 0.29) is 24.9 Å². The highest BCUT2D eigenvalue weighted by Crippen LogP contribution is 2.44. The van der Waals surface area contributed by atoms with Gasteiger partial charge in [-0.25, -0.2) is 10.9 Å². The Kier molecular flexibility index (Phi) is 12.6. The molecule has 0 spiro atoms. The van der Waals surface area contributed by atoms with Gasteiger partial charge in [0.05, 0.1) is 13.2 Å².